The van der Waals surface area contributed by atoms with E-state index < -0.39 is 23.7 Å². The fourth-order valence-corrected chi connectivity index (χ4v) is 6.90. The van der Waals surface area contributed by atoms with Crippen LogP contribution >= 0.6 is 11.6 Å². The van der Waals surface area contributed by atoms with E-state index in [1.165, 1.54) is 6.07 Å². The molecule has 0 bridgehead atoms. The standard InChI is InChI=1S/C12H17ClF3NO3SSi/c1-4-22(5-2,6-3)10-7-11(13)17-8-9(10)20-21(18,19)12(14,15)16/h7-8H,4-6H2,1-3H3. The van der Waals surface area contributed by atoms with Crippen molar-refractivity contribution in [1.82, 2.24) is 4.98 Å². The van der Waals surface area contributed by atoms with Crippen molar-refractivity contribution in [3.8, 4) is 5.75 Å². The molecule has 0 saturated heterocycles. The van der Waals surface area contributed by atoms with Crippen molar-refractivity contribution in [3.05, 3.63) is 17.4 Å². The van der Waals surface area contributed by atoms with Gasteiger partial charge in [-0.3, -0.25) is 0 Å². The molecule has 0 radical (unpaired) electrons. The number of hydrogen-bond acceptors (Lipinski definition) is 4. The maximum atomic E-state index is 12.5. The number of hydrogen-bond donors (Lipinski definition) is 0. The quantitative estimate of drug-likeness (QED) is 0.329. The van der Waals surface area contributed by atoms with Crippen molar-refractivity contribution in [1.29, 1.82) is 0 Å². The van der Waals surface area contributed by atoms with Gasteiger partial charge in [0.15, 0.2) is 5.75 Å². The van der Waals surface area contributed by atoms with Crippen molar-refractivity contribution >= 4 is 35.0 Å². The summed E-state index contributed by atoms with van der Waals surface area (Å²) in [4.78, 5) is 3.65. The van der Waals surface area contributed by atoms with Gasteiger partial charge in [0.25, 0.3) is 0 Å². The van der Waals surface area contributed by atoms with E-state index in [2.05, 4.69) is 9.17 Å². The summed E-state index contributed by atoms with van der Waals surface area (Å²) in [5.74, 6) is -0.376. The minimum absolute atomic E-state index is 0.0963. The lowest BCUT2D eigenvalue weighted by Gasteiger charge is -2.30. The number of aromatic nitrogens is 1. The van der Waals surface area contributed by atoms with Gasteiger partial charge in [-0.2, -0.15) is 21.6 Å². The summed E-state index contributed by atoms with van der Waals surface area (Å²) in [6.07, 6.45) is 0.948. The summed E-state index contributed by atoms with van der Waals surface area (Å²) < 4.78 is 64.4. The molecule has 1 aromatic heterocycles. The topological polar surface area (TPSA) is 56.3 Å². The zero-order valence-corrected chi connectivity index (χ0v) is 14.9. The SMILES string of the molecule is CC[Si](CC)(CC)c1cc(Cl)ncc1OS(=O)(=O)C(F)(F)F. The zero-order chi connectivity index (χ0) is 17.2. The van der Waals surface area contributed by atoms with Crippen LogP contribution < -0.4 is 9.37 Å². The largest absolute Gasteiger partial charge is 0.534 e. The van der Waals surface area contributed by atoms with Gasteiger partial charge in [-0.05, 0) is 11.3 Å². The smallest absolute Gasteiger partial charge is 0.374 e. The predicted octanol–water partition coefficient (Wildman–Crippen LogP) is 3.68. The molecule has 0 spiro atoms. The lowest BCUT2D eigenvalue weighted by atomic mass is 10.4. The fourth-order valence-electron chi connectivity index (χ4n) is 2.38. The Labute approximate surface area is 133 Å². The van der Waals surface area contributed by atoms with Crippen LogP contribution in [0.2, 0.25) is 23.3 Å². The minimum Gasteiger partial charge on any atom is -0.374 e. The highest BCUT2D eigenvalue weighted by molar-refractivity contribution is 7.88. The molecule has 10 heteroatoms. The Bertz CT molecular complexity index is 625. The molecule has 0 fully saturated rings. The molecule has 1 rings (SSSR count). The first-order valence-electron chi connectivity index (χ1n) is 6.69. The van der Waals surface area contributed by atoms with E-state index in [0.717, 1.165) is 24.3 Å². The lowest BCUT2D eigenvalue weighted by Crippen LogP contribution is -2.47. The van der Waals surface area contributed by atoms with E-state index in [0.29, 0.717) is 5.19 Å². The Morgan fingerprint density at radius 2 is 1.73 bits per heavy atom. The molecular formula is C12H17ClF3NO3SSi. The van der Waals surface area contributed by atoms with E-state index in [-0.39, 0.29) is 10.9 Å². The molecule has 0 N–H and O–H groups in total. The van der Waals surface area contributed by atoms with Crippen LogP contribution in [0.25, 0.3) is 0 Å². The van der Waals surface area contributed by atoms with Crippen LogP contribution in [0.1, 0.15) is 20.8 Å². The fraction of sp³-hybridized carbons (Fsp3) is 0.583. The molecule has 1 heterocycles. The van der Waals surface area contributed by atoms with Crippen molar-refractivity contribution in [2.24, 2.45) is 0 Å². The first-order valence-corrected chi connectivity index (χ1v) is 11.1. The first-order chi connectivity index (χ1) is 10.0. The van der Waals surface area contributed by atoms with E-state index in [1.54, 1.807) is 0 Å². The van der Waals surface area contributed by atoms with Gasteiger partial charge in [-0.25, -0.2) is 4.98 Å². The third kappa shape index (κ3) is 3.75. The molecule has 0 aliphatic heterocycles. The average molecular weight is 376 g/mol. The minimum atomic E-state index is -5.73. The summed E-state index contributed by atoms with van der Waals surface area (Å²) >= 11 is 5.84. The van der Waals surface area contributed by atoms with Gasteiger partial charge in [0.05, 0.1) is 14.3 Å². The first kappa shape index (κ1) is 19.2. The van der Waals surface area contributed by atoms with Crippen LogP contribution in [0.3, 0.4) is 0 Å². The van der Waals surface area contributed by atoms with E-state index in [9.17, 15) is 21.6 Å². The summed E-state index contributed by atoms with van der Waals surface area (Å²) in [5.41, 5.74) is -5.49. The van der Waals surface area contributed by atoms with Crippen LogP contribution in [0.5, 0.6) is 5.75 Å². The number of nitrogens with zero attached hydrogens (tertiary/aromatic N) is 1. The molecule has 0 unspecified atom stereocenters. The van der Waals surface area contributed by atoms with Gasteiger partial charge >= 0.3 is 15.6 Å². The van der Waals surface area contributed by atoms with Crippen molar-refractivity contribution in [3.63, 3.8) is 0 Å². The maximum absolute atomic E-state index is 12.5. The van der Waals surface area contributed by atoms with E-state index in [4.69, 9.17) is 11.6 Å². The van der Waals surface area contributed by atoms with Crippen LogP contribution in [-0.2, 0) is 10.1 Å². The van der Waals surface area contributed by atoms with Crippen molar-refractivity contribution in [2.45, 2.75) is 44.4 Å². The van der Waals surface area contributed by atoms with E-state index in [1.807, 2.05) is 20.8 Å². The molecule has 0 atom stereocenters. The molecular weight excluding hydrogens is 359 g/mol. The third-order valence-corrected chi connectivity index (χ3v) is 10.7. The zero-order valence-electron chi connectivity index (χ0n) is 12.4. The summed E-state index contributed by atoms with van der Waals surface area (Å²) in [6.45, 7) is 5.78. The Hall–Kier alpha value is -0.803. The van der Waals surface area contributed by atoms with Gasteiger partial charge < -0.3 is 4.18 Å². The van der Waals surface area contributed by atoms with Gasteiger partial charge in [0, 0.05) is 0 Å². The van der Waals surface area contributed by atoms with Crippen LogP contribution in [0.4, 0.5) is 13.2 Å². The normalized spacial score (nSPS) is 13.2. The highest BCUT2D eigenvalue weighted by atomic mass is 35.5. The predicted molar refractivity (Wildman–Crippen MR) is 81.7 cm³/mol. The Morgan fingerprint density at radius 3 is 2.14 bits per heavy atom. The van der Waals surface area contributed by atoms with Gasteiger partial charge in [0.2, 0.25) is 0 Å². The molecule has 1 aromatic rings. The molecule has 22 heavy (non-hydrogen) atoms. The van der Waals surface area contributed by atoms with Gasteiger partial charge in [0.1, 0.15) is 5.15 Å². The average Bonchev–Trinajstić information content (AvgIpc) is 2.43. The van der Waals surface area contributed by atoms with Crippen LogP contribution in [0.15, 0.2) is 12.3 Å². The molecule has 0 aliphatic carbocycles. The summed E-state index contributed by atoms with van der Waals surface area (Å²) in [7, 11) is -7.94. The van der Waals surface area contributed by atoms with Crippen LogP contribution in [0, 0.1) is 0 Å². The molecule has 126 valence electrons. The molecule has 0 amide bonds. The second kappa shape index (κ2) is 6.75. The molecule has 0 aromatic carbocycles. The summed E-state index contributed by atoms with van der Waals surface area (Å²) in [6, 6.07) is 3.60. The number of rotatable bonds is 6. The second-order valence-electron chi connectivity index (χ2n) is 4.83. The van der Waals surface area contributed by atoms with Gasteiger partial charge in [-0.15, -0.1) is 0 Å². The maximum Gasteiger partial charge on any atom is 0.534 e. The second-order valence-corrected chi connectivity index (χ2v) is 12.0. The number of pyridine rings is 1. The lowest BCUT2D eigenvalue weighted by molar-refractivity contribution is -0.0499. The summed E-state index contributed by atoms with van der Waals surface area (Å²) in [5, 5.41) is 0.548. The van der Waals surface area contributed by atoms with Crippen molar-refractivity contribution < 1.29 is 25.8 Å². The van der Waals surface area contributed by atoms with Gasteiger partial charge in [-0.1, -0.05) is 50.5 Å². The highest BCUT2D eigenvalue weighted by Crippen LogP contribution is 2.30. The molecule has 4 nitrogen and oxygen atoms in total. The monoisotopic (exact) mass is 375 g/mol. The van der Waals surface area contributed by atoms with E-state index >= 15 is 0 Å². The Morgan fingerprint density at radius 1 is 1.23 bits per heavy atom. The number of halogens is 4. The Balaban J connectivity index is 3.46. The van der Waals surface area contributed by atoms with Crippen molar-refractivity contribution in [2.75, 3.05) is 0 Å². The highest BCUT2D eigenvalue weighted by Gasteiger charge is 2.49. The van der Waals surface area contributed by atoms with Crippen LogP contribution in [-0.4, -0.2) is 27.0 Å². The molecule has 0 aliphatic rings. The molecule has 0 saturated carbocycles. The Kier molecular flexibility index (Phi) is 5.91. The third-order valence-electron chi connectivity index (χ3n) is 3.92. The number of alkyl halides is 3.